The van der Waals surface area contributed by atoms with Gasteiger partial charge in [-0.1, -0.05) is 44.2 Å². The Bertz CT molecular complexity index is 489. The van der Waals surface area contributed by atoms with Crippen molar-refractivity contribution in [2.75, 3.05) is 6.61 Å². The molecule has 0 bridgehead atoms. The average Bonchev–Trinajstić information content (AvgIpc) is 2.76. The zero-order chi connectivity index (χ0) is 14.8. The van der Waals surface area contributed by atoms with Gasteiger partial charge in [-0.05, 0) is 31.7 Å². The molecule has 0 N–H and O–H groups in total. The second-order valence-electron chi connectivity index (χ2n) is 6.26. The van der Waals surface area contributed by atoms with Crippen molar-refractivity contribution >= 4 is 0 Å². The minimum Gasteiger partial charge on any atom is -0.348 e. The Morgan fingerprint density at radius 1 is 1.35 bits per heavy atom. The summed E-state index contributed by atoms with van der Waals surface area (Å²) in [6.07, 6.45) is 0.626. The van der Waals surface area contributed by atoms with Crippen LogP contribution in [0.4, 0.5) is 0 Å². The molecule has 1 aliphatic heterocycles. The smallest absolute Gasteiger partial charge is 0.163 e. The van der Waals surface area contributed by atoms with Crippen LogP contribution in [0, 0.1) is 17.2 Å². The van der Waals surface area contributed by atoms with Crippen LogP contribution in [0.15, 0.2) is 30.3 Å². The van der Waals surface area contributed by atoms with Gasteiger partial charge < -0.3 is 9.47 Å². The Labute approximate surface area is 121 Å². The molecule has 0 amide bonds. The van der Waals surface area contributed by atoms with Crippen LogP contribution in [-0.2, 0) is 14.9 Å². The van der Waals surface area contributed by atoms with Crippen LogP contribution in [-0.4, -0.2) is 18.5 Å². The summed E-state index contributed by atoms with van der Waals surface area (Å²) >= 11 is 0. The van der Waals surface area contributed by atoms with E-state index in [1.807, 2.05) is 44.2 Å². The zero-order valence-corrected chi connectivity index (χ0v) is 12.7. The van der Waals surface area contributed by atoms with Gasteiger partial charge in [0.25, 0.3) is 0 Å². The number of nitriles is 1. The summed E-state index contributed by atoms with van der Waals surface area (Å²) in [6, 6.07) is 12.6. The van der Waals surface area contributed by atoms with Crippen molar-refractivity contribution in [2.45, 2.75) is 51.4 Å². The lowest BCUT2D eigenvalue weighted by Crippen LogP contribution is -2.36. The fourth-order valence-electron chi connectivity index (χ4n) is 2.88. The molecule has 2 atom stereocenters. The maximum Gasteiger partial charge on any atom is 0.163 e. The number of rotatable bonds is 4. The normalized spacial score (nSPS) is 24.3. The largest absolute Gasteiger partial charge is 0.348 e. The van der Waals surface area contributed by atoms with Gasteiger partial charge in [-0.15, -0.1) is 0 Å². The standard InChI is InChI=1S/C17H23NO2/c1-13(2)17(12-18,14-8-6-5-7-9-14)10-15-11-19-16(3,4)20-15/h5-9,13,15H,10-11H2,1-4H3/t15-,17+/m1/s1. The summed E-state index contributed by atoms with van der Waals surface area (Å²) in [5.74, 6) is -0.332. The van der Waals surface area contributed by atoms with Gasteiger partial charge in [0.15, 0.2) is 5.79 Å². The summed E-state index contributed by atoms with van der Waals surface area (Å²) in [5, 5.41) is 9.84. The fraction of sp³-hybridized carbons (Fsp3) is 0.588. The Balaban J connectivity index is 2.28. The van der Waals surface area contributed by atoms with E-state index in [9.17, 15) is 5.26 Å². The third-order valence-electron chi connectivity index (χ3n) is 4.09. The Hall–Kier alpha value is -1.37. The average molecular weight is 273 g/mol. The van der Waals surface area contributed by atoms with Crippen LogP contribution in [0.1, 0.15) is 39.7 Å². The monoisotopic (exact) mass is 273 g/mol. The van der Waals surface area contributed by atoms with Gasteiger partial charge in [0.2, 0.25) is 0 Å². The van der Waals surface area contributed by atoms with Crippen molar-refractivity contribution in [3.05, 3.63) is 35.9 Å². The molecule has 0 aliphatic carbocycles. The molecule has 1 saturated heterocycles. The van der Waals surface area contributed by atoms with Crippen LogP contribution in [0.5, 0.6) is 0 Å². The molecule has 1 aromatic rings. The van der Waals surface area contributed by atoms with Gasteiger partial charge in [0.1, 0.15) is 0 Å². The van der Waals surface area contributed by atoms with Crippen molar-refractivity contribution in [1.82, 2.24) is 0 Å². The van der Waals surface area contributed by atoms with Crippen molar-refractivity contribution in [2.24, 2.45) is 5.92 Å². The van der Waals surface area contributed by atoms with E-state index >= 15 is 0 Å². The van der Waals surface area contributed by atoms with Crippen LogP contribution in [0.25, 0.3) is 0 Å². The molecule has 108 valence electrons. The van der Waals surface area contributed by atoms with Gasteiger partial charge in [-0.2, -0.15) is 5.26 Å². The third-order valence-corrected chi connectivity index (χ3v) is 4.09. The van der Waals surface area contributed by atoms with Gasteiger partial charge in [0, 0.05) is 0 Å². The van der Waals surface area contributed by atoms with Crippen molar-refractivity contribution in [1.29, 1.82) is 5.26 Å². The minimum atomic E-state index is -0.542. The third kappa shape index (κ3) is 2.87. The maximum atomic E-state index is 9.84. The van der Waals surface area contributed by atoms with Crippen LogP contribution < -0.4 is 0 Å². The molecule has 2 rings (SSSR count). The Morgan fingerprint density at radius 3 is 2.45 bits per heavy atom. The predicted molar refractivity (Wildman–Crippen MR) is 78.1 cm³/mol. The van der Waals surface area contributed by atoms with E-state index in [2.05, 4.69) is 19.9 Å². The predicted octanol–water partition coefficient (Wildman–Crippen LogP) is 3.65. The van der Waals surface area contributed by atoms with Gasteiger partial charge >= 0.3 is 0 Å². The molecule has 0 radical (unpaired) electrons. The van der Waals surface area contributed by atoms with E-state index < -0.39 is 11.2 Å². The van der Waals surface area contributed by atoms with E-state index in [0.717, 1.165) is 5.56 Å². The van der Waals surface area contributed by atoms with Crippen LogP contribution in [0.2, 0.25) is 0 Å². The highest BCUT2D eigenvalue weighted by atomic mass is 16.7. The molecule has 3 nitrogen and oxygen atoms in total. The van der Waals surface area contributed by atoms with Gasteiger partial charge in [-0.25, -0.2) is 0 Å². The minimum absolute atomic E-state index is 0.0349. The summed E-state index contributed by atoms with van der Waals surface area (Å²) in [5.41, 5.74) is 0.529. The lowest BCUT2D eigenvalue weighted by Gasteiger charge is -2.33. The highest BCUT2D eigenvalue weighted by molar-refractivity contribution is 5.33. The molecule has 0 aromatic heterocycles. The second-order valence-corrected chi connectivity index (χ2v) is 6.26. The van der Waals surface area contributed by atoms with Gasteiger partial charge in [-0.3, -0.25) is 0 Å². The lowest BCUT2D eigenvalue weighted by atomic mass is 9.69. The van der Waals surface area contributed by atoms with Crippen molar-refractivity contribution in [3.63, 3.8) is 0 Å². The molecule has 0 spiro atoms. The molecule has 1 heterocycles. The molecule has 1 aromatic carbocycles. The van der Waals surface area contributed by atoms with Crippen LogP contribution in [0.3, 0.4) is 0 Å². The van der Waals surface area contributed by atoms with E-state index in [0.29, 0.717) is 13.0 Å². The van der Waals surface area contributed by atoms with E-state index in [4.69, 9.17) is 9.47 Å². The topological polar surface area (TPSA) is 42.2 Å². The maximum absolute atomic E-state index is 9.84. The van der Waals surface area contributed by atoms with Crippen molar-refractivity contribution in [3.8, 4) is 6.07 Å². The highest BCUT2D eigenvalue weighted by Gasteiger charge is 2.43. The summed E-state index contributed by atoms with van der Waals surface area (Å²) in [7, 11) is 0. The number of nitrogens with zero attached hydrogens (tertiary/aromatic N) is 1. The SMILES string of the molecule is CC(C)[C@@](C#N)(C[C@@H]1COC(C)(C)O1)c1ccccc1. The highest BCUT2D eigenvalue weighted by Crippen LogP contribution is 2.39. The molecular formula is C17H23NO2. The molecule has 3 heteroatoms. The summed E-state index contributed by atoms with van der Waals surface area (Å²) < 4.78 is 11.5. The lowest BCUT2D eigenvalue weighted by molar-refractivity contribution is -0.140. The fourth-order valence-corrected chi connectivity index (χ4v) is 2.88. The molecule has 1 fully saturated rings. The summed E-state index contributed by atoms with van der Waals surface area (Å²) in [6.45, 7) is 8.57. The van der Waals surface area contributed by atoms with E-state index in [1.54, 1.807) is 0 Å². The van der Waals surface area contributed by atoms with Crippen LogP contribution >= 0.6 is 0 Å². The molecule has 0 unspecified atom stereocenters. The first-order chi connectivity index (χ1) is 9.39. The van der Waals surface area contributed by atoms with E-state index in [1.165, 1.54) is 0 Å². The first-order valence-corrected chi connectivity index (χ1v) is 7.18. The van der Waals surface area contributed by atoms with Gasteiger partial charge in [0.05, 0.1) is 24.2 Å². The first-order valence-electron chi connectivity index (χ1n) is 7.18. The van der Waals surface area contributed by atoms with E-state index in [-0.39, 0.29) is 12.0 Å². The molecule has 1 aliphatic rings. The number of ether oxygens (including phenoxy) is 2. The zero-order valence-electron chi connectivity index (χ0n) is 12.7. The quantitative estimate of drug-likeness (QED) is 0.841. The number of hydrogen-bond donors (Lipinski definition) is 0. The first kappa shape index (κ1) is 15.0. The molecule has 20 heavy (non-hydrogen) atoms. The van der Waals surface area contributed by atoms with Crippen molar-refractivity contribution < 1.29 is 9.47 Å². The Kier molecular flexibility index (Phi) is 4.17. The second kappa shape index (κ2) is 5.55. The summed E-state index contributed by atoms with van der Waals surface area (Å²) in [4.78, 5) is 0. The number of benzene rings is 1. The number of hydrogen-bond acceptors (Lipinski definition) is 3. The molecular weight excluding hydrogens is 250 g/mol. The molecule has 0 saturated carbocycles. The Morgan fingerprint density at radius 2 is 2.00 bits per heavy atom.